The topological polar surface area (TPSA) is 66.8 Å². The second-order valence-corrected chi connectivity index (χ2v) is 5.99. The van der Waals surface area contributed by atoms with Crippen molar-refractivity contribution in [1.82, 2.24) is 4.90 Å². The summed E-state index contributed by atoms with van der Waals surface area (Å²) in [6.07, 6.45) is 4.35. The second kappa shape index (κ2) is 8.67. The molecule has 1 N–H and O–H groups in total. The van der Waals surface area contributed by atoms with Crippen molar-refractivity contribution in [2.24, 2.45) is 0 Å². The number of carboxylic acid groups (broad SMARTS) is 1. The van der Waals surface area contributed by atoms with Crippen molar-refractivity contribution in [3.8, 4) is 0 Å². The Balaban J connectivity index is 1.90. The minimum atomic E-state index is -0.968. The van der Waals surface area contributed by atoms with Gasteiger partial charge in [-0.25, -0.2) is 4.79 Å². The molecular weight excluding hydrogens is 294 g/mol. The molecule has 23 heavy (non-hydrogen) atoms. The highest BCUT2D eigenvalue weighted by atomic mass is 16.5. The summed E-state index contributed by atoms with van der Waals surface area (Å²) in [6.45, 7) is 4.34. The van der Waals surface area contributed by atoms with Crippen LogP contribution in [0.25, 0.3) is 0 Å². The Morgan fingerprint density at radius 3 is 2.87 bits per heavy atom. The van der Waals surface area contributed by atoms with E-state index < -0.39 is 5.97 Å². The molecule has 5 heteroatoms. The van der Waals surface area contributed by atoms with Gasteiger partial charge in [0.25, 0.3) is 0 Å². The Labute approximate surface area is 137 Å². The van der Waals surface area contributed by atoms with Gasteiger partial charge >= 0.3 is 5.97 Å². The zero-order chi connectivity index (χ0) is 16.7. The fourth-order valence-electron chi connectivity index (χ4n) is 2.87. The molecule has 1 fully saturated rings. The number of nitrogens with zero attached hydrogens (tertiary/aromatic N) is 1. The van der Waals surface area contributed by atoms with Gasteiger partial charge in [0, 0.05) is 19.7 Å². The van der Waals surface area contributed by atoms with Crippen LogP contribution in [0.15, 0.2) is 24.3 Å². The van der Waals surface area contributed by atoms with Crippen molar-refractivity contribution in [2.75, 3.05) is 19.7 Å². The smallest absolute Gasteiger partial charge is 0.335 e. The minimum absolute atomic E-state index is 0.0590. The van der Waals surface area contributed by atoms with Crippen molar-refractivity contribution in [2.45, 2.75) is 45.1 Å². The first-order valence-electron chi connectivity index (χ1n) is 8.31. The van der Waals surface area contributed by atoms with Gasteiger partial charge in [0.1, 0.15) is 0 Å². The maximum absolute atomic E-state index is 12.5. The van der Waals surface area contributed by atoms with Crippen LogP contribution in [0.3, 0.4) is 0 Å². The van der Waals surface area contributed by atoms with Crippen LogP contribution in [0.5, 0.6) is 0 Å². The summed E-state index contributed by atoms with van der Waals surface area (Å²) in [5.41, 5.74) is 0.970. The highest BCUT2D eigenvalue weighted by Crippen LogP contribution is 2.16. The normalized spacial score (nSPS) is 18.5. The van der Waals surface area contributed by atoms with Crippen LogP contribution in [-0.2, 0) is 16.0 Å². The first-order chi connectivity index (χ1) is 11.1. The van der Waals surface area contributed by atoms with Gasteiger partial charge in [0.05, 0.1) is 18.1 Å². The Morgan fingerprint density at radius 2 is 2.13 bits per heavy atom. The molecule has 126 valence electrons. The molecule has 5 nitrogen and oxygen atoms in total. The van der Waals surface area contributed by atoms with Gasteiger partial charge in [-0.2, -0.15) is 0 Å². The summed E-state index contributed by atoms with van der Waals surface area (Å²) in [5, 5.41) is 9.02. The quantitative estimate of drug-likeness (QED) is 0.875. The van der Waals surface area contributed by atoms with E-state index in [1.807, 2.05) is 4.90 Å². The number of carbonyl (C=O) groups excluding carboxylic acids is 1. The number of likely N-dealkylation sites (tertiary alicyclic amines) is 1. The van der Waals surface area contributed by atoms with Gasteiger partial charge in [0.15, 0.2) is 0 Å². The van der Waals surface area contributed by atoms with E-state index in [1.54, 1.807) is 18.2 Å². The number of carbonyl (C=O) groups is 2. The van der Waals surface area contributed by atoms with E-state index >= 15 is 0 Å². The van der Waals surface area contributed by atoms with Crippen molar-refractivity contribution in [3.05, 3.63) is 35.4 Å². The van der Waals surface area contributed by atoms with Crippen LogP contribution < -0.4 is 0 Å². The Bertz CT molecular complexity index is 544. The summed E-state index contributed by atoms with van der Waals surface area (Å²) in [7, 11) is 0. The van der Waals surface area contributed by atoms with E-state index in [9.17, 15) is 9.59 Å². The lowest BCUT2D eigenvalue weighted by molar-refractivity contribution is -0.130. The summed E-state index contributed by atoms with van der Waals surface area (Å²) < 4.78 is 5.80. The predicted octanol–water partition coefficient (Wildman–Crippen LogP) is 2.74. The van der Waals surface area contributed by atoms with Gasteiger partial charge in [-0.05, 0) is 43.4 Å². The number of benzene rings is 1. The minimum Gasteiger partial charge on any atom is -0.478 e. The SMILES string of the molecule is CCCOC1CCCN(C(=O)Cc2cccc(C(=O)O)c2)CC1. The van der Waals surface area contributed by atoms with Crippen LogP contribution in [-0.4, -0.2) is 47.7 Å². The standard InChI is InChI=1S/C18H25NO4/c1-2-11-23-16-7-4-9-19(10-8-16)17(20)13-14-5-3-6-15(12-14)18(21)22/h3,5-6,12,16H,2,4,7-11,13H2,1H3,(H,21,22). The van der Waals surface area contributed by atoms with Gasteiger partial charge in [-0.3, -0.25) is 4.79 Å². The van der Waals surface area contributed by atoms with Gasteiger partial charge < -0.3 is 14.7 Å². The third-order valence-electron chi connectivity index (χ3n) is 4.11. The Hall–Kier alpha value is -1.88. The summed E-state index contributed by atoms with van der Waals surface area (Å²) in [5.74, 6) is -0.909. The zero-order valence-electron chi connectivity index (χ0n) is 13.7. The molecule has 1 aliphatic heterocycles. The molecule has 1 aromatic rings. The fraction of sp³-hybridized carbons (Fsp3) is 0.556. The predicted molar refractivity (Wildman–Crippen MR) is 87.6 cm³/mol. The van der Waals surface area contributed by atoms with E-state index in [4.69, 9.17) is 9.84 Å². The fourth-order valence-corrected chi connectivity index (χ4v) is 2.87. The van der Waals surface area contributed by atoms with Crippen LogP contribution in [0, 0.1) is 0 Å². The molecule has 1 aromatic carbocycles. The van der Waals surface area contributed by atoms with Crippen LogP contribution in [0.2, 0.25) is 0 Å². The summed E-state index contributed by atoms with van der Waals surface area (Å²) in [4.78, 5) is 25.3. The summed E-state index contributed by atoms with van der Waals surface area (Å²) in [6, 6.07) is 6.60. The third-order valence-corrected chi connectivity index (χ3v) is 4.11. The molecule has 1 amide bonds. The Kier molecular flexibility index (Phi) is 6.59. The van der Waals surface area contributed by atoms with Gasteiger partial charge in [0.2, 0.25) is 5.91 Å². The third kappa shape index (κ3) is 5.36. The molecule has 0 aromatic heterocycles. The molecule has 1 unspecified atom stereocenters. The number of aromatic carboxylic acids is 1. The van der Waals surface area contributed by atoms with E-state index in [0.29, 0.717) is 6.54 Å². The first kappa shape index (κ1) is 17.5. The van der Waals surface area contributed by atoms with Gasteiger partial charge in [-0.1, -0.05) is 19.1 Å². The van der Waals surface area contributed by atoms with Crippen LogP contribution in [0.4, 0.5) is 0 Å². The molecule has 1 heterocycles. The second-order valence-electron chi connectivity index (χ2n) is 5.99. The molecule has 0 aliphatic carbocycles. The maximum Gasteiger partial charge on any atom is 0.335 e. The maximum atomic E-state index is 12.5. The van der Waals surface area contributed by atoms with Crippen molar-refractivity contribution in [1.29, 1.82) is 0 Å². The lowest BCUT2D eigenvalue weighted by atomic mass is 10.1. The van der Waals surface area contributed by atoms with Crippen molar-refractivity contribution in [3.63, 3.8) is 0 Å². The molecule has 0 saturated carbocycles. The van der Waals surface area contributed by atoms with Crippen LogP contribution in [0.1, 0.15) is 48.5 Å². The van der Waals surface area contributed by atoms with E-state index in [-0.39, 0.29) is 24.0 Å². The van der Waals surface area contributed by atoms with Gasteiger partial charge in [-0.15, -0.1) is 0 Å². The van der Waals surface area contributed by atoms with Crippen molar-refractivity contribution < 1.29 is 19.4 Å². The highest BCUT2D eigenvalue weighted by Gasteiger charge is 2.21. The molecular formula is C18H25NO4. The number of carboxylic acids is 1. The largest absolute Gasteiger partial charge is 0.478 e. The van der Waals surface area contributed by atoms with Crippen molar-refractivity contribution >= 4 is 11.9 Å². The number of rotatable bonds is 6. The van der Waals surface area contributed by atoms with Crippen LogP contribution >= 0.6 is 0 Å². The molecule has 0 bridgehead atoms. The lowest BCUT2D eigenvalue weighted by Crippen LogP contribution is -2.33. The number of hydrogen-bond acceptors (Lipinski definition) is 3. The average molecular weight is 319 g/mol. The lowest BCUT2D eigenvalue weighted by Gasteiger charge is -2.21. The number of hydrogen-bond donors (Lipinski definition) is 1. The monoisotopic (exact) mass is 319 g/mol. The molecule has 0 radical (unpaired) electrons. The number of amides is 1. The number of ether oxygens (including phenoxy) is 1. The Morgan fingerprint density at radius 1 is 1.30 bits per heavy atom. The molecule has 0 spiro atoms. The molecule has 1 saturated heterocycles. The average Bonchev–Trinajstić information content (AvgIpc) is 2.78. The summed E-state index contributed by atoms with van der Waals surface area (Å²) >= 11 is 0. The zero-order valence-corrected chi connectivity index (χ0v) is 13.7. The van der Waals surface area contributed by atoms with E-state index in [1.165, 1.54) is 6.07 Å². The first-order valence-corrected chi connectivity index (χ1v) is 8.31. The molecule has 2 rings (SSSR count). The highest BCUT2D eigenvalue weighted by molar-refractivity contribution is 5.88. The van der Waals surface area contributed by atoms with E-state index in [2.05, 4.69) is 6.92 Å². The van der Waals surface area contributed by atoms with E-state index in [0.717, 1.165) is 44.4 Å². The molecule has 1 aliphatic rings. The molecule has 1 atom stereocenters.